The van der Waals surface area contributed by atoms with Crippen LogP contribution in [0, 0.1) is 6.92 Å². The Labute approximate surface area is 138 Å². The Bertz CT molecular complexity index is 861. The summed E-state index contributed by atoms with van der Waals surface area (Å²) in [5.74, 6) is 1.12. The van der Waals surface area contributed by atoms with Crippen molar-refractivity contribution in [3.05, 3.63) is 58.2 Å². The average molecular weight is 323 g/mol. The van der Waals surface area contributed by atoms with Crippen molar-refractivity contribution in [2.45, 2.75) is 26.3 Å². The number of nitrogens with one attached hydrogen (secondary N) is 1. The number of imidazole rings is 1. The van der Waals surface area contributed by atoms with Gasteiger partial charge in [-0.15, -0.1) is 11.3 Å². The summed E-state index contributed by atoms with van der Waals surface area (Å²) in [6.07, 6.45) is 4.18. The lowest BCUT2D eigenvalue weighted by atomic mass is 10.1. The summed E-state index contributed by atoms with van der Waals surface area (Å²) >= 11 is 1.47. The first-order chi connectivity index (χ1) is 11.2. The Morgan fingerprint density at radius 2 is 2.13 bits per heavy atom. The lowest BCUT2D eigenvalue weighted by Crippen LogP contribution is -2.09. The van der Waals surface area contributed by atoms with Crippen LogP contribution in [0.4, 0.5) is 5.69 Å². The Hall–Kier alpha value is -2.40. The van der Waals surface area contributed by atoms with Crippen molar-refractivity contribution in [1.82, 2.24) is 9.55 Å². The zero-order valence-electron chi connectivity index (χ0n) is 12.9. The van der Waals surface area contributed by atoms with Gasteiger partial charge in [-0.3, -0.25) is 4.79 Å². The van der Waals surface area contributed by atoms with E-state index in [2.05, 4.69) is 14.9 Å². The fraction of sp³-hybridized carbons (Fsp3) is 0.222. The van der Waals surface area contributed by atoms with Crippen molar-refractivity contribution in [3.63, 3.8) is 0 Å². The Balaban J connectivity index is 1.53. The van der Waals surface area contributed by atoms with Gasteiger partial charge in [0.2, 0.25) is 0 Å². The Kier molecular flexibility index (Phi) is 3.50. The van der Waals surface area contributed by atoms with Crippen LogP contribution in [0.2, 0.25) is 0 Å². The number of aryl methyl sites for hydroxylation is 2. The Morgan fingerprint density at radius 3 is 2.87 bits per heavy atom. The molecule has 1 N–H and O–H groups in total. The first kappa shape index (κ1) is 14.2. The summed E-state index contributed by atoms with van der Waals surface area (Å²) in [5, 5.41) is 4.93. The minimum atomic E-state index is -0.0545. The molecule has 0 spiro atoms. The fourth-order valence-corrected chi connectivity index (χ4v) is 3.75. The number of amides is 1. The molecule has 3 aromatic rings. The third-order valence-electron chi connectivity index (χ3n) is 4.11. The number of carbonyl (C=O) groups is 1. The number of fused-ring (bicyclic) bond motifs is 1. The minimum Gasteiger partial charge on any atom is -0.328 e. The van der Waals surface area contributed by atoms with Gasteiger partial charge >= 0.3 is 0 Å². The number of rotatable bonds is 3. The average Bonchev–Trinajstić information content (AvgIpc) is 3.24. The molecule has 0 aliphatic carbocycles. The van der Waals surface area contributed by atoms with Gasteiger partial charge in [0.15, 0.2) is 0 Å². The van der Waals surface area contributed by atoms with Gasteiger partial charge in [-0.25, -0.2) is 4.98 Å². The number of carbonyl (C=O) groups excluding carboxylic acids is 1. The van der Waals surface area contributed by atoms with E-state index in [1.807, 2.05) is 48.8 Å². The van der Waals surface area contributed by atoms with E-state index in [-0.39, 0.29) is 5.91 Å². The van der Waals surface area contributed by atoms with E-state index in [0.717, 1.165) is 40.4 Å². The summed E-state index contributed by atoms with van der Waals surface area (Å²) in [5.41, 5.74) is 4.22. The molecule has 0 unspecified atom stereocenters. The number of thiophene rings is 1. The summed E-state index contributed by atoms with van der Waals surface area (Å²) in [4.78, 5) is 17.4. The third-order valence-corrected chi connectivity index (χ3v) is 5.16. The minimum absolute atomic E-state index is 0.0545. The fourth-order valence-electron chi connectivity index (χ4n) is 2.96. The second kappa shape index (κ2) is 5.66. The molecule has 116 valence electrons. The standard InChI is InChI=1S/C18H17N3OS/c1-12-9-16(23-11-12)18(22)20-14-6-4-13(5-7-14)15-10-19-17-3-2-8-21(15)17/h4-7,9-11H,2-3,8H2,1H3,(H,20,22). The van der Waals surface area contributed by atoms with Crippen LogP contribution in [-0.4, -0.2) is 15.5 Å². The smallest absolute Gasteiger partial charge is 0.265 e. The van der Waals surface area contributed by atoms with Crippen LogP contribution in [0.1, 0.15) is 27.5 Å². The molecule has 3 heterocycles. The zero-order valence-corrected chi connectivity index (χ0v) is 13.7. The first-order valence-electron chi connectivity index (χ1n) is 7.72. The topological polar surface area (TPSA) is 46.9 Å². The van der Waals surface area contributed by atoms with Crippen LogP contribution in [0.3, 0.4) is 0 Å². The number of hydrogen-bond donors (Lipinski definition) is 1. The molecule has 23 heavy (non-hydrogen) atoms. The molecule has 0 radical (unpaired) electrons. The summed E-state index contributed by atoms with van der Waals surface area (Å²) in [6.45, 7) is 3.03. The number of aromatic nitrogens is 2. The molecule has 5 heteroatoms. The lowest BCUT2D eigenvalue weighted by Gasteiger charge is -2.07. The predicted octanol–water partition coefficient (Wildman–Crippen LogP) is 4.12. The van der Waals surface area contributed by atoms with E-state index in [9.17, 15) is 4.79 Å². The highest BCUT2D eigenvalue weighted by Crippen LogP contribution is 2.26. The zero-order chi connectivity index (χ0) is 15.8. The van der Waals surface area contributed by atoms with Crippen LogP contribution < -0.4 is 5.32 Å². The van der Waals surface area contributed by atoms with E-state index < -0.39 is 0 Å². The quantitative estimate of drug-likeness (QED) is 0.788. The van der Waals surface area contributed by atoms with Crippen LogP contribution >= 0.6 is 11.3 Å². The molecule has 4 nitrogen and oxygen atoms in total. The van der Waals surface area contributed by atoms with Gasteiger partial charge in [-0.1, -0.05) is 12.1 Å². The SMILES string of the molecule is Cc1csc(C(=O)Nc2ccc(-c3cnc4n3CCC4)cc2)c1. The van der Waals surface area contributed by atoms with Gasteiger partial charge in [0.05, 0.1) is 16.8 Å². The lowest BCUT2D eigenvalue weighted by molar-refractivity contribution is 0.103. The molecule has 1 aliphatic heterocycles. The predicted molar refractivity (Wildman–Crippen MR) is 93.0 cm³/mol. The number of anilines is 1. The summed E-state index contributed by atoms with van der Waals surface area (Å²) < 4.78 is 2.28. The van der Waals surface area contributed by atoms with Gasteiger partial charge in [0.1, 0.15) is 5.82 Å². The molecule has 1 aromatic carbocycles. The van der Waals surface area contributed by atoms with E-state index in [1.165, 1.54) is 23.6 Å². The molecule has 0 saturated carbocycles. The van der Waals surface area contributed by atoms with Crippen LogP contribution in [0.25, 0.3) is 11.3 Å². The monoisotopic (exact) mass is 323 g/mol. The summed E-state index contributed by atoms with van der Waals surface area (Å²) in [7, 11) is 0. The van der Waals surface area contributed by atoms with Crippen molar-refractivity contribution in [3.8, 4) is 11.3 Å². The molecule has 1 amide bonds. The molecular weight excluding hydrogens is 306 g/mol. The van der Waals surface area contributed by atoms with Crippen LogP contribution in [0.5, 0.6) is 0 Å². The van der Waals surface area contributed by atoms with Gasteiger partial charge in [0.25, 0.3) is 5.91 Å². The highest BCUT2D eigenvalue weighted by molar-refractivity contribution is 7.12. The second-order valence-electron chi connectivity index (χ2n) is 5.83. The molecule has 4 rings (SSSR count). The first-order valence-corrected chi connectivity index (χ1v) is 8.60. The van der Waals surface area contributed by atoms with Crippen molar-refractivity contribution < 1.29 is 4.79 Å². The van der Waals surface area contributed by atoms with E-state index in [0.29, 0.717) is 0 Å². The van der Waals surface area contributed by atoms with Gasteiger partial charge in [-0.2, -0.15) is 0 Å². The van der Waals surface area contributed by atoms with Crippen molar-refractivity contribution in [1.29, 1.82) is 0 Å². The van der Waals surface area contributed by atoms with Gasteiger partial charge < -0.3 is 9.88 Å². The maximum atomic E-state index is 12.2. The highest BCUT2D eigenvalue weighted by Gasteiger charge is 2.16. The van der Waals surface area contributed by atoms with E-state index >= 15 is 0 Å². The van der Waals surface area contributed by atoms with Crippen molar-refractivity contribution in [2.24, 2.45) is 0 Å². The van der Waals surface area contributed by atoms with E-state index in [4.69, 9.17) is 0 Å². The second-order valence-corrected chi connectivity index (χ2v) is 6.75. The van der Waals surface area contributed by atoms with Crippen molar-refractivity contribution >= 4 is 22.9 Å². The normalized spacial score (nSPS) is 13.1. The highest BCUT2D eigenvalue weighted by atomic mass is 32.1. The Morgan fingerprint density at radius 1 is 1.30 bits per heavy atom. The van der Waals surface area contributed by atoms with E-state index in [1.54, 1.807) is 0 Å². The number of benzene rings is 1. The van der Waals surface area contributed by atoms with Gasteiger partial charge in [0, 0.05) is 18.7 Å². The third kappa shape index (κ3) is 2.68. The molecule has 0 fully saturated rings. The maximum Gasteiger partial charge on any atom is 0.265 e. The van der Waals surface area contributed by atoms with Crippen LogP contribution in [-0.2, 0) is 13.0 Å². The molecule has 0 bridgehead atoms. The van der Waals surface area contributed by atoms with Crippen molar-refractivity contribution in [2.75, 3.05) is 5.32 Å². The maximum absolute atomic E-state index is 12.2. The molecule has 2 aromatic heterocycles. The molecule has 1 aliphatic rings. The summed E-state index contributed by atoms with van der Waals surface area (Å²) in [6, 6.07) is 9.88. The molecular formula is C18H17N3OS. The number of nitrogens with zero attached hydrogens (tertiary/aromatic N) is 2. The molecule has 0 atom stereocenters. The number of hydrogen-bond acceptors (Lipinski definition) is 3. The van der Waals surface area contributed by atoms with Gasteiger partial charge in [-0.05, 0) is 48.1 Å². The van der Waals surface area contributed by atoms with Crippen LogP contribution in [0.15, 0.2) is 41.9 Å². The largest absolute Gasteiger partial charge is 0.328 e. The molecule has 0 saturated heterocycles.